The van der Waals surface area contributed by atoms with Gasteiger partial charge in [-0.2, -0.15) is 0 Å². The van der Waals surface area contributed by atoms with E-state index < -0.39 is 0 Å². The van der Waals surface area contributed by atoms with Gasteiger partial charge in [-0.05, 0) is 41.3 Å². The molecule has 1 atom stereocenters. The van der Waals surface area contributed by atoms with Gasteiger partial charge in [-0.1, -0.05) is 42.5 Å². The Hall–Kier alpha value is -3.77. The zero-order chi connectivity index (χ0) is 22.8. The van der Waals surface area contributed by atoms with Crippen molar-refractivity contribution in [2.24, 2.45) is 7.05 Å². The number of fused-ring (bicyclic) bond motifs is 2. The summed E-state index contributed by atoms with van der Waals surface area (Å²) in [5.41, 5.74) is 5.41. The summed E-state index contributed by atoms with van der Waals surface area (Å²) in [6.45, 7) is 1.38. The maximum absolute atomic E-state index is 9.88. The van der Waals surface area contributed by atoms with Gasteiger partial charge in [0.05, 0.1) is 19.3 Å². The molecule has 0 radical (unpaired) electrons. The van der Waals surface area contributed by atoms with Gasteiger partial charge in [0.25, 0.3) is 0 Å². The van der Waals surface area contributed by atoms with Crippen LogP contribution >= 0.6 is 0 Å². The Morgan fingerprint density at radius 3 is 2.85 bits per heavy atom. The second-order valence-electron chi connectivity index (χ2n) is 8.28. The Morgan fingerprint density at radius 1 is 1.18 bits per heavy atom. The molecular weight excluding hydrogens is 414 g/mol. The Morgan fingerprint density at radius 2 is 2.03 bits per heavy atom. The van der Waals surface area contributed by atoms with Crippen molar-refractivity contribution in [1.82, 2.24) is 14.9 Å². The van der Waals surface area contributed by atoms with Crippen LogP contribution in [0.1, 0.15) is 28.3 Å². The Bertz CT molecular complexity index is 1310. The van der Waals surface area contributed by atoms with Crippen molar-refractivity contribution in [1.29, 1.82) is 0 Å². The highest BCUT2D eigenvalue weighted by Gasteiger charge is 2.21. The highest BCUT2D eigenvalue weighted by atomic mass is 16.5. The number of hydrogen-bond acceptors (Lipinski definition) is 5. The Labute approximate surface area is 193 Å². The summed E-state index contributed by atoms with van der Waals surface area (Å²) in [6, 6.07) is 16.1. The van der Waals surface area contributed by atoms with Crippen molar-refractivity contribution in [2.45, 2.75) is 19.1 Å². The number of aromatic hydroxyl groups is 1. The third kappa shape index (κ3) is 4.30. The maximum atomic E-state index is 9.88. The molecular formula is C27H27N3O3. The van der Waals surface area contributed by atoms with Crippen LogP contribution in [0.4, 0.5) is 0 Å². The monoisotopic (exact) mass is 441 g/mol. The van der Waals surface area contributed by atoms with Crippen molar-refractivity contribution in [3.63, 3.8) is 0 Å². The van der Waals surface area contributed by atoms with Crippen LogP contribution in [0.2, 0.25) is 0 Å². The number of nitrogens with zero attached hydrogens (tertiary/aromatic N) is 2. The van der Waals surface area contributed by atoms with Crippen molar-refractivity contribution in [3.8, 4) is 17.2 Å². The summed E-state index contributed by atoms with van der Waals surface area (Å²) < 4.78 is 13.7. The number of methoxy groups -OCH3 is 1. The highest BCUT2D eigenvalue weighted by Crippen LogP contribution is 2.36. The normalized spacial score (nSPS) is 15.6. The second kappa shape index (κ2) is 9.00. The van der Waals surface area contributed by atoms with Gasteiger partial charge < -0.3 is 24.5 Å². The lowest BCUT2D eigenvalue weighted by Crippen LogP contribution is -2.28. The van der Waals surface area contributed by atoms with Crippen LogP contribution in [-0.2, 0) is 20.1 Å². The molecule has 0 saturated carbocycles. The molecule has 0 amide bonds. The first-order valence-corrected chi connectivity index (χ1v) is 11.1. The van der Waals surface area contributed by atoms with E-state index in [1.54, 1.807) is 13.2 Å². The number of hydrogen-bond donors (Lipinski definition) is 2. The van der Waals surface area contributed by atoms with Crippen molar-refractivity contribution < 1.29 is 14.6 Å². The fraction of sp³-hybridized carbons (Fsp3) is 0.222. The van der Waals surface area contributed by atoms with Crippen molar-refractivity contribution in [2.75, 3.05) is 13.7 Å². The predicted molar refractivity (Wildman–Crippen MR) is 130 cm³/mol. The van der Waals surface area contributed by atoms with E-state index >= 15 is 0 Å². The third-order valence-electron chi connectivity index (χ3n) is 6.05. The largest absolute Gasteiger partial charge is 0.506 e. The number of rotatable bonds is 6. The Balaban J connectivity index is 1.42. The molecule has 2 aromatic carbocycles. The zero-order valence-corrected chi connectivity index (χ0v) is 18.8. The van der Waals surface area contributed by atoms with Gasteiger partial charge in [-0.3, -0.25) is 0 Å². The average Bonchev–Trinajstić information content (AvgIpc) is 3.15. The lowest BCUT2D eigenvalue weighted by molar-refractivity contribution is 0.283. The van der Waals surface area contributed by atoms with Gasteiger partial charge in [0.1, 0.15) is 18.0 Å². The molecule has 2 aromatic heterocycles. The molecule has 168 valence electrons. The molecule has 5 rings (SSSR count). The molecule has 1 aliphatic heterocycles. The first kappa shape index (κ1) is 21.1. The van der Waals surface area contributed by atoms with Crippen molar-refractivity contribution in [3.05, 3.63) is 89.3 Å². The van der Waals surface area contributed by atoms with E-state index in [1.165, 1.54) is 17.3 Å². The van der Waals surface area contributed by atoms with Crippen LogP contribution in [-0.4, -0.2) is 28.3 Å². The fourth-order valence-corrected chi connectivity index (χ4v) is 4.39. The molecule has 1 aliphatic rings. The van der Waals surface area contributed by atoms with Gasteiger partial charge >= 0.3 is 0 Å². The minimum absolute atomic E-state index is 0.0475. The van der Waals surface area contributed by atoms with Gasteiger partial charge in [0.2, 0.25) is 0 Å². The third-order valence-corrected chi connectivity index (χ3v) is 6.05. The summed E-state index contributed by atoms with van der Waals surface area (Å²) in [6.07, 6.45) is 8.66. The first-order chi connectivity index (χ1) is 16.1. The summed E-state index contributed by atoms with van der Waals surface area (Å²) in [7, 11) is 3.63. The second-order valence-corrected chi connectivity index (χ2v) is 8.28. The fourth-order valence-electron chi connectivity index (χ4n) is 4.39. The minimum atomic E-state index is 0.0475. The van der Waals surface area contributed by atoms with Crippen LogP contribution in [0.25, 0.3) is 17.1 Å². The molecule has 4 aromatic rings. The van der Waals surface area contributed by atoms with E-state index in [0.717, 1.165) is 46.6 Å². The van der Waals surface area contributed by atoms with Crippen LogP contribution in [0, 0.1) is 0 Å². The van der Waals surface area contributed by atoms with E-state index in [1.807, 2.05) is 36.0 Å². The topological polar surface area (TPSA) is 68.5 Å². The van der Waals surface area contributed by atoms with E-state index in [4.69, 9.17) is 9.47 Å². The molecule has 6 nitrogen and oxygen atoms in total. The molecule has 2 N–H and O–H groups in total. The summed E-state index contributed by atoms with van der Waals surface area (Å²) >= 11 is 0. The summed E-state index contributed by atoms with van der Waals surface area (Å²) in [4.78, 5) is 4.34. The summed E-state index contributed by atoms with van der Waals surface area (Å²) in [5, 5.41) is 14.4. The van der Waals surface area contributed by atoms with E-state index in [9.17, 15) is 5.11 Å². The lowest BCUT2D eigenvalue weighted by atomic mass is 9.93. The quantitative estimate of drug-likeness (QED) is 0.451. The number of aryl methyl sites for hydroxylation is 1. The van der Waals surface area contributed by atoms with Gasteiger partial charge in [0, 0.05) is 30.7 Å². The van der Waals surface area contributed by atoms with E-state index in [-0.39, 0.29) is 11.8 Å². The van der Waals surface area contributed by atoms with Crippen LogP contribution < -0.4 is 14.8 Å². The molecule has 0 fully saturated rings. The molecule has 0 spiro atoms. The SMILES string of the molecule is COc1cc2c(cc1OCc1ccccc1)CCNC2/C=C/c1cn(C)c2ncc(O)cc12. The van der Waals surface area contributed by atoms with Crippen LogP contribution in [0.5, 0.6) is 17.2 Å². The van der Waals surface area contributed by atoms with Gasteiger partial charge in [-0.15, -0.1) is 0 Å². The van der Waals surface area contributed by atoms with Crippen LogP contribution in [0.15, 0.2) is 67.0 Å². The molecule has 3 heterocycles. The lowest BCUT2D eigenvalue weighted by Gasteiger charge is -2.26. The number of ether oxygens (including phenoxy) is 2. The molecule has 0 bridgehead atoms. The maximum Gasteiger partial charge on any atom is 0.161 e. The van der Waals surface area contributed by atoms with E-state index in [2.05, 4.69) is 46.7 Å². The smallest absolute Gasteiger partial charge is 0.161 e. The van der Waals surface area contributed by atoms with E-state index in [0.29, 0.717) is 6.61 Å². The number of aromatic nitrogens is 2. The average molecular weight is 442 g/mol. The predicted octanol–water partition coefficient (Wildman–Crippen LogP) is 4.77. The Kier molecular flexibility index (Phi) is 5.75. The molecule has 33 heavy (non-hydrogen) atoms. The highest BCUT2D eigenvalue weighted by molar-refractivity contribution is 5.87. The van der Waals surface area contributed by atoms with Gasteiger partial charge in [-0.25, -0.2) is 4.98 Å². The first-order valence-electron chi connectivity index (χ1n) is 11.1. The number of nitrogens with one attached hydrogen (secondary N) is 1. The van der Waals surface area contributed by atoms with Gasteiger partial charge in [0.15, 0.2) is 11.5 Å². The number of benzene rings is 2. The minimum Gasteiger partial charge on any atom is -0.506 e. The zero-order valence-electron chi connectivity index (χ0n) is 18.8. The summed E-state index contributed by atoms with van der Waals surface area (Å²) in [5.74, 6) is 1.66. The van der Waals surface area contributed by atoms with Crippen molar-refractivity contribution >= 4 is 17.1 Å². The number of pyridine rings is 1. The molecule has 1 unspecified atom stereocenters. The molecule has 0 saturated heterocycles. The standard InChI is InChI=1S/C27H27N3O3/c1-30-16-20(23-13-21(31)15-29-27(23)30)8-9-24-22-14-25(32-2)26(12-19(22)10-11-28-24)33-17-18-6-4-3-5-7-18/h3-9,12-16,24,28,31H,10-11,17H2,1-2H3/b9-8+. The molecule has 6 heteroatoms. The molecule has 0 aliphatic carbocycles. The van der Waals surface area contributed by atoms with Crippen LogP contribution in [0.3, 0.4) is 0 Å².